The molecule has 0 radical (unpaired) electrons. The number of carbonyl (C=O) groups excluding carboxylic acids is 2. The maximum absolute atomic E-state index is 12.1. The zero-order valence-electron chi connectivity index (χ0n) is 11.4. The average Bonchev–Trinajstić information content (AvgIpc) is 2.92. The number of aromatic nitrogens is 1. The molecule has 1 aliphatic rings. The number of nitrogens with zero attached hydrogens (tertiary/aromatic N) is 1. The number of carbonyl (C=O) groups is 3. The molecule has 108 valence electrons. The molecule has 1 aliphatic heterocycles. The van der Waals surface area contributed by atoms with Gasteiger partial charge in [-0.1, -0.05) is 0 Å². The third-order valence-corrected chi connectivity index (χ3v) is 3.52. The number of hydrogen-bond acceptors (Lipinski definition) is 3. The van der Waals surface area contributed by atoms with Gasteiger partial charge in [0.15, 0.2) is 0 Å². The van der Waals surface area contributed by atoms with E-state index in [4.69, 9.17) is 5.11 Å². The fourth-order valence-electron chi connectivity index (χ4n) is 2.39. The van der Waals surface area contributed by atoms with Crippen LogP contribution in [0.4, 0.5) is 5.69 Å². The van der Waals surface area contributed by atoms with Crippen molar-refractivity contribution in [3.63, 3.8) is 0 Å². The Morgan fingerprint density at radius 1 is 1.55 bits per heavy atom. The molecule has 2 rings (SSSR count). The van der Waals surface area contributed by atoms with Crippen molar-refractivity contribution in [2.45, 2.75) is 20.3 Å². The maximum Gasteiger partial charge on any atom is 0.339 e. The van der Waals surface area contributed by atoms with Crippen LogP contribution in [-0.4, -0.2) is 45.9 Å². The van der Waals surface area contributed by atoms with Crippen molar-refractivity contribution >= 4 is 23.5 Å². The Morgan fingerprint density at radius 3 is 2.80 bits per heavy atom. The molecule has 7 nitrogen and oxygen atoms in total. The SMILES string of the molecule is CCN1CC(C(=O)Nc2c[nH]c(C)c2C(=O)O)CC1=O. The highest BCUT2D eigenvalue weighted by Gasteiger charge is 2.34. The Morgan fingerprint density at radius 2 is 2.25 bits per heavy atom. The summed E-state index contributed by atoms with van der Waals surface area (Å²) in [5.41, 5.74) is 0.767. The molecule has 0 spiro atoms. The minimum atomic E-state index is -1.10. The van der Waals surface area contributed by atoms with Crippen molar-refractivity contribution in [2.75, 3.05) is 18.4 Å². The van der Waals surface area contributed by atoms with Gasteiger partial charge in [0.2, 0.25) is 11.8 Å². The number of aromatic carboxylic acids is 1. The first-order valence-electron chi connectivity index (χ1n) is 6.44. The first-order valence-corrected chi connectivity index (χ1v) is 6.44. The van der Waals surface area contributed by atoms with Crippen LogP contribution in [0, 0.1) is 12.8 Å². The molecule has 0 bridgehead atoms. The fraction of sp³-hybridized carbons (Fsp3) is 0.462. The van der Waals surface area contributed by atoms with Crippen LogP contribution in [-0.2, 0) is 9.59 Å². The molecule has 1 unspecified atom stereocenters. The molecule has 1 atom stereocenters. The molecule has 0 saturated carbocycles. The minimum Gasteiger partial charge on any atom is -0.478 e. The van der Waals surface area contributed by atoms with Crippen molar-refractivity contribution in [3.05, 3.63) is 17.5 Å². The predicted molar refractivity (Wildman–Crippen MR) is 71.5 cm³/mol. The quantitative estimate of drug-likeness (QED) is 0.759. The summed E-state index contributed by atoms with van der Waals surface area (Å²) >= 11 is 0. The van der Waals surface area contributed by atoms with Crippen LogP contribution in [0.15, 0.2) is 6.20 Å². The second-order valence-electron chi connectivity index (χ2n) is 4.83. The van der Waals surface area contributed by atoms with Crippen LogP contribution < -0.4 is 5.32 Å². The molecular formula is C13H17N3O4. The summed E-state index contributed by atoms with van der Waals surface area (Å²) in [5, 5.41) is 11.7. The molecule has 0 aliphatic carbocycles. The lowest BCUT2D eigenvalue weighted by atomic mass is 10.1. The monoisotopic (exact) mass is 279 g/mol. The van der Waals surface area contributed by atoms with Crippen molar-refractivity contribution in [3.8, 4) is 0 Å². The average molecular weight is 279 g/mol. The first-order chi connectivity index (χ1) is 9.43. The van der Waals surface area contributed by atoms with Gasteiger partial charge in [-0.2, -0.15) is 0 Å². The number of aryl methyl sites for hydroxylation is 1. The molecule has 3 N–H and O–H groups in total. The lowest BCUT2D eigenvalue weighted by Crippen LogP contribution is -2.28. The lowest BCUT2D eigenvalue weighted by Gasteiger charge is -2.13. The number of anilines is 1. The number of carboxylic acids is 1. The Balaban J connectivity index is 2.10. The van der Waals surface area contributed by atoms with Crippen molar-refractivity contribution < 1.29 is 19.5 Å². The third-order valence-electron chi connectivity index (χ3n) is 3.52. The highest BCUT2D eigenvalue weighted by molar-refractivity contribution is 6.03. The lowest BCUT2D eigenvalue weighted by molar-refractivity contribution is -0.128. The number of H-pyrrole nitrogens is 1. The van der Waals surface area contributed by atoms with Crippen LogP contribution in [0.3, 0.4) is 0 Å². The van der Waals surface area contributed by atoms with E-state index in [9.17, 15) is 14.4 Å². The summed E-state index contributed by atoms with van der Waals surface area (Å²) in [7, 11) is 0. The standard InChI is InChI=1S/C13H17N3O4/c1-3-16-6-8(4-10(16)17)12(18)15-9-5-14-7(2)11(9)13(19)20/h5,8,14H,3-4,6H2,1-2H3,(H,15,18)(H,19,20). The molecule has 0 aromatic carbocycles. The number of nitrogens with one attached hydrogen (secondary N) is 2. The molecule has 20 heavy (non-hydrogen) atoms. The van der Waals surface area contributed by atoms with Crippen LogP contribution in [0.2, 0.25) is 0 Å². The topological polar surface area (TPSA) is 102 Å². The summed E-state index contributed by atoms with van der Waals surface area (Å²) in [5.74, 6) is -1.90. The van der Waals surface area contributed by atoms with Gasteiger partial charge < -0.3 is 20.3 Å². The molecule has 1 aromatic heterocycles. The van der Waals surface area contributed by atoms with Gasteiger partial charge in [0.05, 0.1) is 11.6 Å². The van der Waals surface area contributed by atoms with Crippen LogP contribution in [0.25, 0.3) is 0 Å². The van der Waals surface area contributed by atoms with Crippen LogP contribution in [0.5, 0.6) is 0 Å². The molecule has 2 heterocycles. The fourth-order valence-corrected chi connectivity index (χ4v) is 2.39. The number of amides is 2. The Hall–Kier alpha value is -2.31. The van der Waals surface area contributed by atoms with E-state index in [2.05, 4.69) is 10.3 Å². The van der Waals surface area contributed by atoms with E-state index in [-0.39, 0.29) is 29.5 Å². The summed E-state index contributed by atoms with van der Waals surface area (Å²) in [4.78, 5) is 39.2. The first kappa shape index (κ1) is 14.1. The largest absolute Gasteiger partial charge is 0.478 e. The summed E-state index contributed by atoms with van der Waals surface area (Å²) < 4.78 is 0. The predicted octanol–water partition coefficient (Wildman–Crippen LogP) is 0.828. The number of hydrogen-bond donors (Lipinski definition) is 3. The van der Waals surface area contributed by atoms with E-state index < -0.39 is 11.9 Å². The maximum atomic E-state index is 12.1. The van der Waals surface area contributed by atoms with E-state index in [0.717, 1.165) is 0 Å². The van der Waals surface area contributed by atoms with Crippen LogP contribution in [0.1, 0.15) is 29.4 Å². The zero-order chi connectivity index (χ0) is 14.9. The smallest absolute Gasteiger partial charge is 0.339 e. The normalized spacial score (nSPS) is 18.4. The Kier molecular flexibility index (Phi) is 3.78. The zero-order valence-corrected chi connectivity index (χ0v) is 11.4. The highest BCUT2D eigenvalue weighted by atomic mass is 16.4. The number of carboxylic acid groups (broad SMARTS) is 1. The van der Waals surface area contributed by atoms with E-state index in [1.807, 2.05) is 6.92 Å². The van der Waals surface area contributed by atoms with Crippen LogP contribution >= 0.6 is 0 Å². The van der Waals surface area contributed by atoms with E-state index >= 15 is 0 Å². The molecule has 7 heteroatoms. The highest BCUT2D eigenvalue weighted by Crippen LogP contribution is 2.23. The number of likely N-dealkylation sites (tertiary alicyclic amines) is 1. The van der Waals surface area contributed by atoms with Crippen molar-refractivity contribution in [1.82, 2.24) is 9.88 Å². The summed E-state index contributed by atoms with van der Waals surface area (Å²) in [6.07, 6.45) is 1.62. The van der Waals surface area contributed by atoms with E-state index in [1.165, 1.54) is 6.20 Å². The van der Waals surface area contributed by atoms with Crippen molar-refractivity contribution in [1.29, 1.82) is 0 Å². The molecular weight excluding hydrogens is 262 g/mol. The summed E-state index contributed by atoms with van der Waals surface area (Å²) in [6.45, 7) is 4.44. The molecule has 1 saturated heterocycles. The summed E-state index contributed by atoms with van der Waals surface area (Å²) in [6, 6.07) is 0. The second-order valence-corrected chi connectivity index (χ2v) is 4.83. The minimum absolute atomic E-state index is 0.0450. The van der Waals surface area contributed by atoms with Gasteiger partial charge in [0, 0.05) is 31.4 Å². The van der Waals surface area contributed by atoms with Gasteiger partial charge >= 0.3 is 5.97 Å². The Labute approximate surface area is 116 Å². The second kappa shape index (κ2) is 5.36. The van der Waals surface area contributed by atoms with Crippen molar-refractivity contribution in [2.24, 2.45) is 5.92 Å². The van der Waals surface area contributed by atoms with Gasteiger partial charge in [-0.3, -0.25) is 9.59 Å². The van der Waals surface area contributed by atoms with Gasteiger partial charge in [0.25, 0.3) is 0 Å². The number of rotatable bonds is 4. The molecule has 1 fully saturated rings. The van der Waals surface area contributed by atoms with Gasteiger partial charge in [-0.15, -0.1) is 0 Å². The number of aromatic amines is 1. The molecule has 1 aromatic rings. The molecule has 2 amide bonds. The van der Waals surface area contributed by atoms with E-state index in [1.54, 1.807) is 11.8 Å². The van der Waals surface area contributed by atoms with E-state index in [0.29, 0.717) is 18.8 Å². The van der Waals surface area contributed by atoms with Gasteiger partial charge in [-0.25, -0.2) is 4.79 Å². The van der Waals surface area contributed by atoms with Gasteiger partial charge in [-0.05, 0) is 13.8 Å². The third kappa shape index (κ3) is 2.52. The van der Waals surface area contributed by atoms with Gasteiger partial charge in [0.1, 0.15) is 5.56 Å². The Bertz CT molecular complexity index is 564.